The van der Waals surface area contributed by atoms with Crippen LogP contribution in [0.25, 0.3) is 0 Å². The van der Waals surface area contributed by atoms with Crippen LogP contribution >= 0.6 is 0 Å². The van der Waals surface area contributed by atoms with E-state index in [2.05, 4.69) is 4.74 Å². The van der Waals surface area contributed by atoms with Crippen LogP contribution in [0.2, 0.25) is 0 Å². The molecule has 0 aromatic heterocycles. The molecule has 0 aliphatic rings. The molecular weight excluding hydrogens is 220 g/mol. The highest BCUT2D eigenvalue weighted by Gasteiger charge is 2.11. The maximum Gasteiger partial charge on any atom is 0.305 e. The minimum atomic E-state index is -3.05. The Morgan fingerprint density at radius 2 is 1.73 bits per heavy atom. The summed E-state index contributed by atoms with van der Waals surface area (Å²) >= 11 is 0. The zero-order valence-electron chi connectivity index (χ0n) is 9.19. The van der Waals surface area contributed by atoms with Gasteiger partial charge in [0.15, 0.2) is 0 Å². The van der Waals surface area contributed by atoms with Crippen LogP contribution in [0.4, 0.5) is 0 Å². The molecule has 0 aromatic carbocycles. The fourth-order valence-corrected chi connectivity index (χ4v) is 2.41. The van der Waals surface area contributed by atoms with Gasteiger partial charge in [-0.1, -0.05) is 0 Å². The molecule has 0 amide bonds. The van der Waals surface area contributed by atoms with E-state index in [9.17, 15) is 13.2 Å². The Labute approximate surface area is 90.7 Å². The van der Waals surface area contributed by atoms with Crippen LogP contribution in [0.1, 0.15) is 19.3 Å². The van der Waals surface area contributed by atoms with Gasteiger partial charge < -0.3 is 9.47 Å². The number of methoxy groups -OCH3 is 2. The summed E-state index contributed by atoms with van der Waals surface area (Å²) in [6, 6.07) is 0. The first-order valence-corrected chi connectivity index (χ1v) is 6.60. The fourth-order valence-electron chi connectivity index (χ4n) is 1.06. The zero-order chi connectivity index (χ0) is 11.7. The van der Waals surface area contributed by atoms with E-state index in [4.69, 9.17) is 4.74 Å². The van der Waals surface area contributed by atoms with Gasteiger partial charge >= 0.3 is 5.97 Å². The lowest BCUT2D eigenvalue weighted by Gasteiger charge is -2.03. The monoisotopic (exact) mass is 238 g/mol. The van der Waals surface area contributed by atoms with Crippen molar-refractivity contribution in [2.75, 3.05) is 32.3 Å². The Bertz CT molecular complexity index is 270. The Balaban J connectivity index is 3.70. The van der Waals surface area contributed by atoms with Gasteiger partial charge in [0.05, 0.1) is 18.6 Å². The van der Waals surface area contributed by atoms with E-state index in [1.165, 1.54) is 14.2 Å². The minimum Gasteiger partial charge on any atom is -0.469 e. The quantitative estimate of drug-likeness (QED) is 0.452. The summed E-state index contributed by atoms with van der Waals surface area (Å²) in [5.74, 6) is -0.226. The van der Waals surface area contributed by atoms with Gasteiger partial charge in [-0.2, -0.15) is 0 Å². The molecule has 0 bridgehead atoms. The standard InChI is InChI=1S/C9H18O5S/c1-13-6-4-8-15(11,12)7-3-5-9(10)14-2/h3-8H2,1-2H3. The Hall–Kier alpha value is -0.620. The predicted octanol–water partition coefficient (Wildman–Crippen LogP) is 0.391. The second kappa shape index (κ2) is 7.64. The maximum atomic E-state index is 11.4. The highest BCUT2D eigenvalue weighted by Crippen LogP contribution is 2.00. The van der Waals surface area contributed by atoms with Gasteiger partial charge in [-0.05, 0) is 12.8 Å². The van der Waals surface area contributed by atoms with E-state index in [1.807, 2.05) is 0 Å². The van der Waals surface area contributed by atoms with Crippen molar-refractivity contribution in [3.8, 4) is 0 Å². The van der Waals surface area contributed by atoms with Gasteiger partial charge in [0.1, 0.15) is 9.84 Å². The molecule has 0 saturated heterocycles. The van der Waals surface area contributed by atoms with E-state index >= 15 is 0 Å². The summed E-state index contributed by atoms with van der Waals surface area (Å²) in [7, 11) is -0.227. The van der Waals surface area contributed by atoms with Crippen molar-refractivity contribution in [2.24, 2.45) is 0 Å². The molecule has 0 radical (unpaired) electrons. The van der Waals surface area contributed by atoms with Gasteiger partial charge in [-0.15, -0.1) is 0 Å². The van der Waals surface area contributed by atoms with E-state index in [1.54, 1.807) is 0 Å². The van der Waals surface area contributed by atoms with Gasteiger partial charge in [0.2, 0.25) is 0 Å². The van der Waals surface area contributed by atoms with Gasteiger partial charge in [-0.25, -0.2) is 8.42 Å². The maximum absolute atomic E-state index is 11.4. The number of esters is 1. The van der Waals surface area contributed by atoms with E-state index in [0.717, 1.165) is 0 Å². The molecule has 90 valence electrons. The molecule has 0 heterocycles. The molecule has 0 aromatic rings. The van der Waals surface area contributed by atoms with Crippen molar-refractivity contribution in [3.05, 3.63) is 0 Å². The Kier molecular flexibility index (Phi) is 7.33. The lowest BCUT2D eigenvalue weighted by Crippen LogP contribution is -2.14. The molecule has 0 aliphatic heterocycles. The third-order valence-corrected chi connectivity index (χ3v) is 3.69. The predicted molar refractivity (Wildman–Crippen MR) is 56.4 cm³/mol. The van der Waals surface area contributed by atoms with Gasteiger partial charge in [-0.3, -0.25) is 4.79 Å². The van der Waals surface area contributed by atoms with Crippen LogP contribution in [0.5, 0.6) is 0 Å². The SMILES string of the molecule is COCCCS(=O)(=O)CCCC(=O)OC. The number of sulfone groups is 1. The van der Waals surface area contributed by atoms with Crippen LogP contribution in [0.15, 0.2) is 0 Å². The summed E-state index contributed by atoms with van der Waals surface area (Å²) in [4.78, 5) is 10.7. The van der Waals surface area contributed by atoms with Crippen molar-refractivity contribution >= 4 is 15.8 Å². The molecule has 0 fully saturated rings. The first-order valence-electron chi connectivity index (χ1n) is 4.78. The van der Waals surface area contributed by atoms with Crippen LogP contribution in [-0.2, 0) is 24.1 Å². The molecular formula is C9H18O5S. The number of rotatable bonds is 8. The average molecular weight is 238 g/mol. The third kappa shape index (κ3) is 8.38. The molecule has 0 N–H and O–H groups in total. The topological polar surface area (TPSA) is 69.7 Å². The number of carbonyl (C=O) groups excluding carboxylic acids is 1. The van der Waals surface area contributed by atoms with Crippen molar-refractivity contribution in [2.45, 2.75) is 19.3 Å². The second-order valence-corrected chi connectivity index (χ2v) is 5.48. The molecule has 0 aliphatic carbocycles. The first kappa shape index (κ1) is 14.4. The average Bonchev–Trinajstić information content (AvgIpc) is 2.17. The van der Waals surface area contributed by atoms with E-state index in [-0.39, 0.29) is 23.9 Å². The molecule has 0 rings (SSSR count). The zero-order valence-corrected chi connectivity index (χ0v) is 10.0. The number of carbonyl (C=O) groups is 1. The molecule has 15 heavy (non-hydrogen) atoms. The fraction of sp³-hybridized carbons (Fsp3) is 0.889. The normalized spacial score (nSPS) is 11.3. The summed E-state index contributed by atoms with van der Waals surface area (Å²) in [5, 5.41) is 0. The minimum absolute atomic E-state index is 0.0335. The first-order chi connectivity index (χ1) is 7.02. The Morgan fingerprint density at radius 1 is 1.13 bits per heavy atom. The highest BCUT2D eigenvalue weighted by atomic mass is 32.2. The van der Waals surface area contributed by atoms with E-state index in [0.29, 0.717) is 19.4 Å². The number of ether oxygens (including phenoxy) is 2. The highest BCUT2D eigenvalue weighted by molar-refractivity contribution is 7.91. The summed E-state index contributed by atoms with van der Waals surface area (Å²) in [6.07, 6.45) is 0.971. The van der Waals surface area contributed by atoms with Crippen LogP contribution in [-0.4, -0.2) is 46.7 Å². The lowest BCUT2D eigenvalue weighted by molar-refractivity contribution is -0.140. The van der Waals surface area contributed by atoms with Crippen LogP contribution < -0.4 is 0 Å². The molecule has 0 unspecified atom stereocenters. The summed E-state index contributed by atoms with van der Waals surface area (Å²) < 4.78 is 31.9. The summed E-state index contributed by atoms with van der Waals surface area (Å²) in [5.41, 5.74) is 0. The Morgan fingerprint density at radius 3 is 2.27 bits per heavy atom. The smallest absolute Gasteiger partial charge is 0.305 e. The van der Waals surface area contributed by atoms with Crippen molar-refractivity contribution in [3.63, 3.8) is 0 Å². The van der Waals surface area contributed by atoms with Gasteiger partial charge in [0.25, 0.3) is 0 Å². The van der Waals surface area contributed by atoms with E-state index < -0.39 is 9.84 Å². The lowest BCUT2D eigenvalue weighted by atomic mass is 10.3. The second-order valence-electron chi connectivity index (χ2n) is 3.18. The van der Waals surface area contributed by atoms with Crippen LogP contribution in [0.3, 0.4) is 0 Å². The number of hydrogen-bond acceptors (Lipinski definition) is 5. The van der Waals surface area contributed by atoms with Crippen molar-refractivity contribution < 1.29 is 22.7 Å². The van der Waals surface area contributed by atoms with Crippen molar-refractivity contribution in [1.82, 2.24) is 0 Å². The number of hydrogen-bond donors (Lipinski definition) is 0. The molecule has 5 nitrogen and oxygen atoms in total. The largest absolute Gasteiger partial charge is 0.469 e. The third-order valence-electron chi connectivity index (χ3n) is 1.87. The molecule has 0 atom stereocenters. The summed E-state index contributed by atoms with van der Waals surface area (Å²) in [6.45, 7) is 0.441. The molecule has 0 spiro atoms. The molecule has 6 heteroatoms. The molecule has 0 saturated carbocycles. The van der Waals surface area contributed by atoms with Crippen molar-refractivity contribution in [1.29, 1.82) is 0 Å². The van der Waals surface area contributed by atoms with Gasteiger partial charge in [0, 0.05) is 20.1 Å². The van der Waals surface area contributed by atoms with Crippen LogP contribution in [0, 0.1) is 0 Å².